The Balaban J connectivity index is 0.00000242. The summed E-state index contributed by atoms with van der Waals surface area (Å²) >= 11 is -1.64. The third-order valence-corrected chi connectivity index (χ3v) is 11.9. The molecule has 0 aliphatic heterocycles. The molecule has 0 aromatic heterocycles. The van der Waals surface area contributed by atoms with Crippen LogP contribution in [0.25, 0.3) is 0 Å². The van der Waals surface area contributed by atoms with Gasteiger partial charge >= 0.3 is 139 Å². The summed E-state index contributed by atoms with van der Waals surface area (Å²) in [5.41, 5.74) is 1.63. The third-order valence-electron chi connectivity index (χ3n) is 3.89. The van der Waals surface area contributed by atoms with Crippen LogP contribution in [0.2, 0.25) is 19.6 Å². The number of rotatable bonds is 7. The molecule has 1 nitrogen and oxygen atoms in total. The zero-order chi connectivity index (χ0) is 15.3. The van der Waals surface area contributed by atoms with Crippen LogP contribution in [0, 0.1) is 0 Å². The van der Waals surface area contributed by atoms with Crippen molar-refractivity contribution in [1.29, 1.82) is 0 Å². The van der Waals surface area contributed by atoms with Crippen molar-refractivity contribution < 1.29 is 50.5 Å². The average Bonchev–Trinajstić information content (AvgIpc) is 3.07. The normalized spacial score (nSPS) is 16.4. The van der Waals surface area contributed by atoms with E-state index in [1.165, 1.54) is 25.7 Å². The Morgan fingerprint density at radius 1 is 1.17 bits per heavy atom. The quantitative estimate of drug-likeness (QED) is 0.362. The van der Waals surface area contributed by atoms with Gasteiger partial charge in [-0.25, -0.2) is 0 Å². The Morgan fingerprint density at radius 3 is 2.48 bits per heavy atom. The summed E-state index contributed by atoms with van der Waals surface area (Å²) in [6.07, 6.45) is 16.5. The van der Waals surface area contributed by atoms with Crippen LogP contribution in [0.1, 0.15) is 32.6 Å². The van der Waals surface area contributed by atoms with Gasteiger partial charge in [-0.15, -0.1) is 0 Å². The van der Waals surface area contributed by atoms with E-state index in [1.807, 2.05) is 3.28 Å². The average molecular weight is 451 g/mol. The largest absolute Gasteiger partial charge is 1.00 e. The number of halogens is 2. The van der Waals surface area contributed by atoms with Gasteiger partial charge in [0, 0.05) is 0 Å². The van der Waals surface area contributed by atoms with E-state index in [2.05, 4.69) is 60.7 Å². The standard InChI is InChI=1S/C11H19OSi.C5H5.C2H4.2ClH.Zr/c1-13(2,3)12-10-6-9-11-7-4-5-8-11;1-2-4-5-3-1;1-2;;;/h4,7H,5-6,9-10H2,1-3H3;1-3H,4H2;1H,2H3;2*1H;/q;;;;;+2/p-2. The smallest absolute Gasteiger partial charge is 1.00 e. The molecule has 0 aromatic carbocycles. The zero-order valence-corrected chi connectivity index (χ0v) is 19.6. The van der Waals surface area contributed by atoms with Gasteiger partial charge in [0.25, 0.3) is 0 Å². The van der Waals surface area contributed by atoms with E-state index >= 15 is 0 Å². The van der Waals surface area contributed by atoms with Gasteiger partial charge in [0.2, 0.25) is 0 Å². The molecule has 0 heterocycles. The number of hydrogen-bond donors (Lipinski definition) is 0. The van der Waals surface area contributed by atoms with E-state index in [9.17, 15) is 0 Å². The van der Waals surface area contributed by atoms with E-state index < -0.39 is 29.6 Å². The molecule has 0 bridgehead atoms. The summed E-state index contributed by atoms with van der Waals surface area (Å²) in [5, 5.41) is 0. The van der Waals surface area contributed by atoms with E-state index in [0.29, 0.717) is 0 Å². The maximum Gasteiger partial charge on any atom is -1.00 e. The molecular weight excluding hydrogens is 422 g/mol. The zero-order valence-electron chi connectivity index (χ0n) is 14.7. The first-order chi connectivity index (χ1) is 10.0. The van der Waals surface area contributed by atoms with Crippen LogP contribution < -0.4 is 24.8 Å². The SMILES string of the molecule is C[CH]=[Zr+2]([C]1=CC=CC1)[C]1=C(CCCO[Si](C)(C)C)C=CC1.[Cl-].[Cl-]. The van der Waals surface area contributed by atoms with Crippen molar-refractivity contribution >= 4 is 12.0 Å². The maximum atomic E-state index is 5.99. The van der Waals surface area contributed by atoms with E-state index in [4.69, 9.17) is 4.43 Å². The van der Waals surface area contributed by atoms with Gasteiger partial charge in [0.1, 0.15) is 0 Å². The maximum absolute atomic E-state index is 5.99. The molecule has 0 spiro atoms. The van der Waals surface area contributed by atoms with Crippen molar-refractivity contribution in [2.45, 2.75) is 52.2 Å². The molecule has 0 N–H and O–H groups in total. The molecule has 2 aliphatic rings. The Kier molecular flexibility index (Phi) is 11.4. The third kappa shape index (κ3) is 7.48. The molecule has 0 radical (unpaired) electrons. The molecule has 0 saturated carbocycles. The molecule has 0 aromatic rings. The first kappa shape index (κ1) is 23.5. The van der Waals surface area contributed by atoms with E-state index in [1.54, 1.807) is 8.85 Å². The Morgan fingerprint density at radius 2 is 1.91 bits per heavy atom. The van der Waals surface area contributed by atoms with Crippen molar-refractivity contribution in [3.05, 3.63) is 42.5 Å². The summed E-state index contributed by atoms with van der Waals surface area (Å²) in [6, 6.07) is 0. The first-order valence-electron chi connectivity index (χ1n) is 8.06. The Bertz CT molecular complexity index is 540. The van der Waals surface area contributed by atoms with Crippen LogP contribution in [0.5, 0.6) is 0 Å². The molecule has 0 saturated heterocycles. The van der Waals surface area contributed by atoms with E-state index in [-0.39, 0.29) is 24.8 Å². The van der Waals surface area contributed by atoms with Crippen LogP contribution >= 0.6 is 0 Å². The summed E-state index contributed by atoms with van der Waals surface area (Å²) in [7, 11) is -1.35. The minimum atomic E-state index is -1.64. The van der Waals surface area contributed by atoms with Crippen LogP contribution in [-0.4, -0.2) is 18.6 Å². The Hall–Kier alpha value is 0.470. The molecular formula is C18H28Cl2OSiZr. The van der Waals surface area contributed by atoms with Crippen molar-refractivity contribution in [1.82, 2.24) is 0 Å². The predicted molar refractivity (Wildman–Crippen MR) is 92.9 cm³/mol. The van der Waals surface area contributed by atoms with Crippen LogP contribution in [0.3, 0.4) is 0 Å². The van der Waals surface area contributed by atoms with Gasteiger partial charge in [0.05, 0.1) is 0 Å². The molecule has 0 atom stereocenters. The predicted octanol–water partition coefficient (Wildman–Crippen LogP) is -0.876. The van der Waals surface area contributed by atoms with Gasteiger partial charge < -0.3 is 24.8 Å². The van der Waals surface area contributed by atoms with Crippen LogP contribution in [0.15, 0.2) is 42.5 Å². The molecule has 128 valence electrons. The van der Waals surface area contributed by atoms with Crippen molar-refractivity contribution in [2.24, 2.45) is 0 Å². The second-order valence-electron chi connectivity index (χ2n) is 6.70. The fraction of sp³-hybridized carbons (Fsp3) is 0.500. The molecule has 2 aliphatic carbocycles. The molecule has 2 rings (SSSR count). The molecule has 0 unspecified atom stereocenters. The summed E-state index contributed by atoms with van der Waals surface area (Å²) in [5.74, 6) is 0. The van der Waals surface area contributed by atoms with Gasteiger partial charge in [-0.05, 0) is 0 Å². The Labute approximate surface area is 163 Å². The molecule has 23 heavy (non-hydrogen) atoms. The summed E-state index contributed by atoms with van der Waals surface area (Å²) < 4.78 is 12.1. The van der Waals surface area contributed by atoms with E-state index in [0.717, 1.165) is 6.61 Å². The van der Waals surface area contributed by atoms with Crippen LogP contribution in [-0.2, 0) is 25.7 Å². The van der Waals surface area contributed by atoms with Crippen molar-refractivity contribution in [3.8, 4) is 0 Å². The van der Waals surface area contributed by atoms with Crippen molar-refractivity contribution in [2.75, 3.05) is 6.61 Å². The topological polar surface area (TPSA) is 9.23 Å². The second-order valence-corrected chi connectivity index (χ2v) is 17.7. The van der Waals surface area contributed by atoms with Gasteiger partial charge in [0.15, 0.2) is 0 Å². The van der Waals surface area contributed by atoms with Gasteiger partial charge in [-0.1, -0.05) is 0 Å². The summed E-state index contributed by atoms with van der Waals surface area (Å²) in [6.45, 7) is 10.0. The summed E-state index contributed by atoms with van der Waals surface area (Å²) in [4.78, 5) is 0. The van der Waals surface area contributed by atoms with Gasteiger partial charge in [-0.3, -0.25) is 0 Å². The minimum absolute atomic E-state index is 0. The molecule has 0 amide bonds. The monoisotopic (exact) mass is 448 g/mol. The van der Waals surface area contributed by atoms with Crippen LogP contribution in [0.4, 0.5) is 0 Å². The molecule has 5 heteroatoms. The number of allylic oxidation sites excluding steroid dienone is 8. The van der Waals surface area contributed by atoms with Gasteiger partial charge in [-0.2, -0.15) is 0 Å². The van der Waals surface area contributed by atoms with Crippen molar-refractivity contribution in [3.63, 3.8) is 0 Å². The number of hydrogen-bond acceptors (Lipinski definition) is 1. The minimum Gasteiger partial charge on any atom is -1.00 e. The fourth-order valence-corrected chi connectivity index (χ4v) is 10.1. The molecule has 0 fully saturated rings. The first-order valence-corrected chi connectivity index (χ1v) is 15.3. The fourth-order valence-electron chi connectivity index (χ4n) is 2.91. The second kappa shape index (κ2) is 11.2.